The molecule has 0 radical (unpaired) electrons. The molecule has 2 saturated heterocycles. The Bertz CT molecular complexity index is 2480. The first-order valence-electron chi connectivity index (χ1n) is 21.4. The Morgan fingerprint density at radius 2 is 1.73 bits per heavy atom. The molecule has 2 aliphatic carbocycles. The predicted molar refractivity (Wildman–Crippen MR) is 229 cm³/mol. The van der Waals surface area contributed by atoms with Crippen molar-refractivity contribution in [1.29, 1.82) is 0 Å². The summed E-state index contributed by atoms with van der Waals surface area (Å²) in [5.41, 5.74) is 1.44. The number of likely N-dealkylation sites (tertiary alicyclic amines) is 1. The number of imide groups is 1. The molecule has 326 valence electrons. The number of amides is 4. The number of hydrogen-bond acceptors (Lipinski definition) is 10. The van der Waals surface area contributed by atoms with Gasteiger partial charge in [0.1, 0.15) is 17.4 Å². The van der Waals surface area contributed by atoms with Crippen LogP contribution in [0.25, 0.3) is 15.9 Å². The van der Waals surface area contributed by atoms with Gasteiger partial charge in [-0.1, -0.05) is 24.8 Å². The van der Waals surface area contributed by atoms with Gasteiger partial charge in [-0.2, -0.15) is 13.2 Å². The van der Waals surface area contributed by atoms with Crippen molar-refractivity contribution >= 4 is 62.3 Å². The van der Waals surface area contributed by atoms with E-state index in [1.54, 1.807) is 37.3 Å². The quantitative estimate of drug-likeness (QED) is 0.110. The maximum Gasteiger partial charge on any atom is 0.433 e. The molecular formula is C46H50F3N7O5S. The number of nitrogens with one attached hydrogen (secondary N) is 3. The molecule has 9 rings (SSSR count). The third-order valence-electron chi connectivity index (χ3n) is 13.5. The first-order chi connectivity index (χ1) is 29.4. The Balaban J connectivity index is 0.735. The zero-order chi connectivity index (χ0) is 43.7. The van der Waals surface area contributed by atoms with E-state index in [-0.39, 0.29) is 30.3 Å². The third-order valence-corrected chi connectivity index (χ3v) is 14.7. The highest BCUT2D eigenvalue weighted by atomic mass is 32.1. The molecule has 2 aromatic heterocycles. The molecule has 0 bridgehead atoms. The molecule has 2 aromatic carbocycles. The summed E-state index contributed by atoms with van der Waals surface area (Å²) in [6, 6.07) is 11.6. The SMILES string of the molecule is C=C1c2cccc(NCCC3CC4(C3)CN(CC3CCC(c5nc6cc(C(C)(C)O)c(NC(=O)c7cccc(C(F)(F)F)n7)cc6s5)CC3)C4)c2C(=O)N1C1CCC(=O)NC1=O. The molecule has 16 heteroatoms. The average molecular weight is 870 g/mol. The van der Waals surface area contributed by atoms with Crippen LogP contribution in [0.3, 0.4) is 0 Å². The topological polar surface area (TPSA) is 157 Å². The maximum absolute atomic E-state index is 13.6. The van der Waals surface area contributed by atoms with Crippen LogP contribution >= 0.6 is 11.3 Å². The summed E-state index contributed by atoms with van der Waals surface area (Å²) in [6.45, 7) is 11.4. The normalized spacial score (nSPS) is 23.0. The molecule has 2 saturated carbocycles. The van der Waals surface area contributed by atoms with Gasteiger partial charge in [0.05, 0.1) is 26.4 Å². The predicted octanol–water partition coefficient (Wildman–Crippen LogP) is 7.91. The van der Waals surface area contributed by atoms with E-state index in [4.69, 9.17) is 4.98 Å². The summed E-state index contributed by atoms with van der Waals surface area (Å²) in [6.07, 6.45) is 3.50. The van der Waals surface area contributed by atoms with Crippen molar-refractivity contribution < 1.29 is 37.5 Å². The van der Waals surface area contributed by atoms with Gasteiger partial charge in [0.15, 0.2) is 0 Å². The van der Waals surface area contributed by atoms with Gasteiger partial charge in [0, 0.05) is 66.7 Å². The van der Waals surface area contributed by atoms with Gasteiger partial charge >= 0.3 is 6.18 Å². The number of carbonyl (C=O) groups is 4. The second kappa shape index (κ2) is 15.9. The summed E-state index contributed by atoms with van der Waals surface area (Å²) in [5.74, 6) is -0.275. The Labute approximate surface area is 361 Å². The molecule has 1 unspecified atom stereocenters. The highest BCUT2D eigenvalue weighted by Crippen LogP contribution is 2.54. The van der Waals surface area contributed by atoms with Crippen molar-refractivity contribution in [1.82, 2.24) is 25.1 Å². The average Bonchev–Trinajstić information content (AvgIpc) is 3.73. The van der Waals surface area contributed by atoms with Crippen molar-refractivity contribution in [2.45, 2.75) is 95.4 Å². The van der Waals surface area contributed by atoms with E-state index in [0.717, 1.165) is 85.8 Å². The molecular weight excluding hydrogens is 820 g/mol. The number of thiazole rings is 1. The van der Waals surface area contributed by atoms with Crippen LogP contribution in [0.2, 0.25) is 0 Å². The lowest BCUT2D eigenvalue weighted by Gasteiger charge is -2.60. The smallest absolute Gasteiger partial charge is 0.386 e. The zero-order valence-corrected chi connectivity index (χ0v) is 35.6. The molecule has 5 aliphatic rings. The molecule has 4 fully saturated rings. The maximum atomic E-state index is 13.6. The summed E-state index contributed by atoms with van der Waals surface area (Å²) < 4.78 is 40.6. The summed E-state index contributed by atoms with van der Waals surface area (Å²) in [4.78, 5) is 63.5. The van der Waals surface area contributed by atoms with E-state index in [0.29, 0.717) is 56.8 Å². The second-order valence-electron chi connectivity index (χ2n) is 18.5. The zero-order valence-electron chi connectivity index (χ0n) is 34.7. The lowest BCUT2D eigenvalue weighted by atomic mass is 9.57. The van der Waals surface area contributed by atoms with Crippen LogP contribution in [0.5, 0.6) is 0 Å². The number of alkyl halides is 3. The minimum Gasteiger partial charge on any atom is -0.386 e. The van der Waals surface area contributed by atoms with Crippen LogP contribution in [0, 0.1) is 17.3 Å². The number of pyridine rings is 1. The van der Waals surface area contributed by atoms with Crippen molar-refractivity contribution in [2.24, 2.45) is 17.3 Å². The number of carbonyl (C=O) groups excluding carboxylic acids is 4. The summed E-state index contributed by atoms with van der Waals surface area (Å²) in [5, 5.41) is 20.6. The van der Waals surface area contributed by atoms with Gasteiger partial charge < -0.3 is 20.6 Å². The molecule has 5 heterocycles. The molecule has 4 N–H and O–H groups in total. The molecule has 62 heavy (non-hydrogen) atoms. The van der Waals surface area contributed by atoms with Crippen LogP contribution in [-0.4, -0.2) is 80.7 Å². The number of aromatic nitrogens is 2. The third kappa shape index (κ3) is 8.12. The Morgan fingerprint density at radius 3 is 2.44 bits per heavy atom. The fourth-order valence-corrected chi connectivity index (χ4v) is 11.7. The molecule has 1 atom stereocenters. The number of aliphatic hydroxyl groups is 1. The molecule has 4 amide bonds. The van der Waals surface area contributed by atoms with E-state index < -0.39 is 35.3 Å². The molecule has 12 nitrogen and oxygen atoms in total. The fraction of sp³-hybridized carbons (Fsp3) is 0.478. The fourth-order valence-electron chi connectivity index (χ4n) is 10.5. The second-order valence-corrected chi connectivity index (χ2v) is 19.6. The number of piperidine rings is 1. The van der Waals surface area contributed by atoms with E-state index in [9.17, 15) is 37.5 Å². The number of halogens is 3. The first-order valence-corrected chi connectivity index (χ1v) is 22.2. The van der Waals surface area contributed by atoms with E-state index >= 15 is 0 Å². The van der Waals surface area contributed by atoms with Crippen LogP contribution in [0.4, 0.5) is 24.5 Å². The van der Waals surface area contributed by atoms with Gasteiger partial charge in [-0.3, -0.25) is 29.4 Å². The summed E-state index contributed by atoms with van der Waals surface area (Å²) >= 11 is 1.56. The monoisotopic (exact) mass is 869 g/mol. The molecule has 3 aliphatic heterocycles. The van der Waals surface area contributed by atoms with Crippen LogP contribution < -0.4 is 16.0 Å². The minimum absolute atomic E-state index is 0.187. The van der Waals surface area contributed by atoms with Crippen molar-refractivity contribution in [3.8, 4) is 0 Å². The summed E-state index contributed by atoms with van der Waals surface area (Å²) in [7, 11) is 0. The molecule has 4 aromatic rings. The standard InChI is InChI=1S/C46H50F3N7O5S/c1-25-29-6-4-7-31(39(29)43(60)56(25)35-14-15-38(57)54-41(35)59)50-17-16-27-20-45(21-27)23-55(24-45)22-26-10-12-28(13-11-26)42-53-34-18-30(44(2,3)61)33(19-36(34)62-42)52-40(58)32-8-5-9-37(51-32)46(47,48)49/h4-9,18-19,26-28,35,50,61H,1,10-17,20-24H2,2-3H3,(H,52,58)(H,54,57,59). The van der Waals surface area contributed by atoms with Gasteiger partial charge in [-0.15, -0.1) is 11.3 Å². The van der Waals surface area contributed by atoms with E-state index in [2.05, 4.69) is 32.4 Å². The molecule has 1 spiro atoms. The number of fused-ring (bicyclic) bond motifs is 2. The minimum atomic E-state index is -4.69. The van der Waals surface area contributed by atoms with Crippen LogP contribution in [0.15, 0.2) is 55.1 Å². The number of hydrogen-bond donors (Lipinski definition) is 4. The first kappa shape index (κ1) is 42.1. The van der Waals surface area contributed by atoms with Gasteiger partial charge in [-0.05, 0) is 113 Å². The largest absolute Gasteiger partial charge is 0.433 e. The highest BCUT2D eigenvalue weighted by molar-refractivity contribution is 7.18. The Morgan fingerprint density at radius 1 is 0.984 bits per heavy atom. The van der Waals surface area contributed by atoms with Crippen molar-refractivity contribution in [3.05, 3.63) is 88.2 Å². The number of nitrogens with zero attached hydrogens (tertiary/aromatic N) is 4. The lowest BCUT2D eigenvalue weighted by molar-refractivity contribution is -0.141. The lowest BCUT2D eigenvalue weighted by Crippen LogP contribution is -2.63. The number of anilines is 2. The Kier molecular flexibility index (Phi) is 10.8. The highest BCUT2D eigenvalue weighted by Gasteiger charge is 2.52. The van der Waals surface area contributed by atoms with Crippen molar-refractivity contribution in [3.63, 3.8) is 0 Å². The van der Waals surface area contributed by atoms with Gasteiger partial charge in [0.25, 0.3) is 11.8 Å². The Hall–Kier alpha value is -5.19. The number of benzene rings is 2. The van der Waals surface area contributed by atoms with Gasteiger partial charge in [-0.25, -0.2) is 9.97 Å². The van der Waals surface area contributed by atoms with E-state index in [1.807, 2.05) is 18.2 Å². The van der Waals surface area contributed by atoms with Crippen LogP contribution in [-0.2, 0) is 21.4 Å². The number of rotatable bonds is 11. The van der Waals surface area contributed by atoms with Crippen molar-refractivity contribution in [2.75, 3.05) is 36.8 Å². The van der Waals surface area contributed by atoms with E-state index in [1.165, 1.54) is 23.8 Å². The van der Waals surface area contributed by atoms with Crippen LogP contribution in [0.1, 0.15) is 120 Å². The van der Waals surface area contributed by atoms with Gasteiger partial charge in [0.2, 0.25) is 11.8 Å².